The van der Waals surface area contributed by atoms with Crippen molar-refractivity contribution in [3.8, 4) is 5.75 Å². The maximum Gasteiger partial charge on any atom is 0.361 e. The molecule has 2 aromatic carbocycles. The molecule has 1 aromatic heterocycles. The van der Waals surface area contributed by atoms with Gasteiger partial charge in [-0.2, -0.15) is 0 Å². The first kappa shape index (κ1) is 22.4. The van der Waals surface area contributed by atoms with Gasteiger partial charge in [-0.05, 0) is 31.5 Å². The monoisotopic (exact) mass is 484 g/mol. The molecular weight excluding hydrogens is 464 g/mol. The largest absolute Gasteiger partial charge is 0.481 e. The van der Waals surface area contributed by atoms with Gasteiger partial charge >= 0.3 is 5.97 Å². The summed E-state index contributed by atoms with van der Waals surface area (Å²) in [5.41, 5.74) is 0.454. The topological polar surface area (TPSA) is 87.5 Å². The van der Waals surface area contributed by atoms with Crippen molar-refractivity contribution in [2.24, 2.45) is 0 Å². The summed E-state index contributed by atoms with van der Waals surface area (Å²) in [6.45, 7) is 3.17. The molecule has 0 spiro atoms. The van der Waals surface area contributed by atoms with Crippen LogP contribution in [0.4, 0.5) is 0 Å². The second-order valence-corrected chi connectivity index (χ2v) is 7.57. The first-order valence-electron chi connectivity index (χ1n) is 9.64. The molecule has 160 valence electrons. The molecule has 1 heterocycles. The number of carbonyl (C=O) groups is 2. The maximum absolute atomic E-state index is 13.2. The molecule has 0 bridgehead atoms. The number of hydrogen-bond acceptors (Lipinski definition) is 6. The lowest BCUT2D eigenvalue weighted by Gasteiger charge is -2.15. The van der Waals surface area contributed by atoms with Crippen LogP contribution in [0.3, 0.4) is 0 Å². The predicted molar refractivity (Wildman–Crippen MR) is 118 cm³/mol. The zero-order valence-corrected chi connectivity index (χ0v) is 18.7. The van der Waals surface area contributed by atoms with Crippen LogP contribution < -0.4 is 10.3 Å². The third-order valence-corrected chi connectivity index (χ3v) is 5.01. The van der Waals surface area contributed by atoms with Crippen LogP contribution in [0.2, 0.25) is 0 Å². The molecule has 7 nitrogen and oxygen atoms in total. The molecule has 0 fully saturated rings. The van der Waals surface area contributed by atoms with Crippen molar-refractivity contribution in [1.82, 2.24) is 9.55 Å². The smallest absolute Gasteiger partial charge is 0.361 e. The summed E-state index contributed by atoms with van der Waals surface area (Å²) in [4.78, 5) is 42.5. The predicted octanol–water partition coefficient (Wildman–Crippen LogP) is 3.95. The number of esters is 1. The first-order chi connectivity index (χ1) is 14.9. The molecule has 8 heteroatoms. The average Bonchev–Trinajstić information content (AvgIpc) is 2.77. The van der Waals surface area contributed by atoms with Gasteiger partial charge in [0.1, 0.15) is 12.4 Å². The Morgan fingerprint density at radius 3 is 2.39 bits per heavy atom. The van der Waals surface area contributed by atoms with Crippen LogP contribution >= 0.6 is 15.9 Å². The van der Waals surface area contributed by atoms with Gasteiger partial charge in [-0.3, -0.25) is 14.2 Å². The SMILES string of the molecule is CCOC(=O)c1nc(C)n(CC(=O)c2ccc(Br)cc2)c(=O)c1OCc1ccccc1. The minimum absolute atomic E-state index is 0.0634. The van der Waals surface area contributed by atoms with Gasteiger partial charge < -0.3 is 9.47 Å². The van der Waals surface area contributed by atoms with Crippen LogP contribution in [0.5, 0.6) is 5.75 Å². The normalized spacial score (nSPS) is 10.5. The number of nitrogens with zero attached hydrogens (tertiary/aromatic N) is 2. The minimum atomic E-state index is -0.753. The molecule has 0 saturated heterocycles. The van der Waals surface area contributed by atoms with Crippen molar-refractivity contribution in [2.45, 2.75) is 27.0 Å². The molecule has 3 rings (SSSR count). The Balaban J connectivity index is 1.97. The van der Waals surface area contributed by atoms with Gasteiger partial charge in [-0.1, -0.05) is 58.4 Å². The molecule has 0 saturated carbocycles. The Morgan fingerprint density at radius 1 is 1.06 bits per heavy atom. The highest BCUT2D eigenvalue weighted by atomic mass is 79.9. The minimum Gasteiger partial charge on any atom is -0.481 e. The van der Waals surface area contributed by atoms with Crippen LogP contribution in [-0.4, -0.2) is 27.9 Å². The number of rotatable bonds is 8. The lowest BCUT2D eigenvalue weighted by Crippen LogP contribution is -2.31. The van der Waals surface area contributed by atoms with Gasteiger partial charge in [0.05, 0.1) is 13.2 Å². The Labute approximate surface area is 187 Å². The number of benzene rings is 2. The summed E-state index contributed by atoms with van der Waals surface area (Å²) in [6.07, 6.45) is 0. The highest BCUT2D eigenvalue weighted by molar-refractivity contribution is 9.10. The molecule has 0 radical (unpaired) electrons. The van der Waals surface area contributed by atoms with Gasteiger partial charge in [0, 0.05) is 10.0 Å². The molecule has 0 aliphatic rings. The fraction of sp³-hybridized carbons (Fsp3) is 0.217. The Hall–Kier alpha value is -3.26. The van der Waals surface area contributed by atoms with Gasteiger partial charge in [-0.15, -0.1) is 0 Å². The molecule has 0 aliphatic heterocycles. The van der Waals surface area contributed by atoms with Gasteiger partial charge in [-0.25, -0.2) is 9.78 Å². The van der Waals surface area contributed by atoms with Crippen molar-refractivity contribution in [3.63, 3.8) is 0 Å². The van der Waals surface area contributed by atoms with Crippen molar-refractivity contribution in [1.29, 1.82) is 0 Å². The first-order valence-corrected chi connectivity index (χ1v) is 10.4. The van der Waals surface area contributed by atoms with E-state index >= 15 is 0 Å². The summed E-state index contributed by atoms with van der Waals surface area (Å²) < 4.78 is 12.8. The molecule has 31 heavy (non-hydrogen) atoms. The third-order valence-electron chi connectivity index (χ3n) is 4.48. The molecule has 0 amide bonds. The van der Waals surface area contributed by atoms with Crippen LogP contribution in [0.25, 0.3) is 0 Å². The number of hydrogen-bond donors (Lipinski definition) is 0. The van der Waals surface area contributed by atoms with Crippen LogP contribution in [0.1, 0.15) is 39.2 Å². The summed E-state index contributed by atoms with van der Waals surface area (Å²) in [5, 5.41) is 0. The summed E-state index contributed by atoms with van der Waals surface area (Å²) in [5.74, 6) is -1.04. The summed E-state index contributed by atoms with van der Waals surface area (Å²) >= 11 is 3.33. The van der Waals surface area contributed by atoms with Crippen LogP contribution in [0.15, 0.2) is 63.9 Å². The highest BCUT2D eigenvalue weighted by Crippen LogP contribution is 2.17. The van der Waals surface area contributed by atoms with Crippen LogP contribution in [0, 0.1) is 6.92 Å². The summed E-state index contributed by atoms with van der Waals surface area (Å²) in [7, 11) is 0. The van der Waals surface area contributed by atoms with E-state index in [2.05, 4.69) is 20.9 Å². The molecule has 0 atom stereocenters. The molecule has 3 aromatic rings. The molecule has 0 aliphatic carbocycles. The Kier molecular flexibility index (Phi) is 7.36. The molecular formula is C23H21BrN2O5. The third kappa shape index (κ3) is 5.46. The van der Waals surface area contributed by atoms with Gasteiger partial charge in [0.25, 0.3) is 5.56 Å². The van der Waals surface area contributed by atoms with E-state index in [1.807, 2.05) is 30.3 Å². The Bertz CT molecular complexity index is 1140. The summed E-state index contributed by atoms with van der Waals surface area (Å²) in [6, 6.07) is 16.0. The van der Waals surface area contributed by atoms with Crippen molar-refractivity contribution >= 4 is 27.7 Å². The van der Waals surface area contributed by atoms with E-state index in [9.17, 15) is 14.4 Å². The lowest BCUT2D eigenvalue weighted by atomic mass is 10.1. The quantitative estimate of drug-likeness (QED) is 0.355. The number of ether oxygens (including phenoxy) is 2. The second kappa shape index (κ2) is 10.2. The van der Waals surface area contributed by atoms with Crippen LogP contribution in [-0.2, 0) is 17.9 Å². The number of carbonyl (C=O) groups excluding carboxylic acids is 2. The van der Waals surface area contributed by atoms with E-state index in [0.29, 0.717) is 5.56 Å². The van der Waals surface area contributed by atoms with Gasteiger partial charge in [0.2, 0.25) is 5.75 Å². The van der Waals surface area contributed by atoms with E-state index in [1.54, 1.807) is 38.1 Å². The number of aromatic nitrogens is 2. The second-order valence-electron chi connectivity index (χ2n) is 6.65. The number of ketones is 1. The fourth-order valence-corrected chi connectivity index (χ4v) is 3.16. The zero-order chi connectivity index (χ0) is 22.4. The number of Topliss-reactive ketones (excluding diaryl/α,β-unsaturated/α-hetero) is 1. The van der Waals surface area contributed by atoms with E-state index in [-0.39, 0.29) is 42.8 Å². The number of aryl methyl sites for hydroxylation is 1. The zero-order valence-electron chi connectivity index (χ0n) is 17.1. The van der Waals surface area contributed by atoms with E-state index < -0.39 is 11.5 Å². The van der Waals surface area contributed by atoms with Crippen molar-refractivity contribution < 1.29 is 19.1 Å². The van der Waals surface area contributed by atoms with Gasteiger partial charge in [0.15, 0.2) is 11.5 Å². The highest BCUT2D eigenvalue weighted by Gasteiger charge is 2.24. The standard InChI is InChI=1S/C23H21BrN2O5/c1-3-30-23(29)20-21(31-14-16-7-5-4-6-8-16)22(28)26(15(2)25-20)13-19(27)17-9-11-18(24)12-10-17/h4-12H,3,13-14H2,1-2H3. The Morgan fingerprint density at radius 2 is 1.74 bits per heavy atom. The van der Waals surface area contributed by atoms with E-state index in [4.69, 9.17) is 9.47 Å². The molecule has 0 unspecified atom stereocenters. The van der Waals surface area contributed by atoms with Crippen molar-refractivity contribution in [3.05, 3.63) is 92.1 Å². The fourth-order valence-electron chi connectivity index (χ4n) is 2.90. The molecule has 0 N–H and O–H groups in total. The van der Waals surface area contributed by atoms with Crippen molar-refractivity contribution in [2.75, 3.05) is 6.61 Å². The number of halogens is 1. The maximum atomic E-state index is 13.2. The lowest BCUT2D eigenvalue weighted by molar-refractivity contribution is 0.0512. The average molecular weight is 485 g/mol. The van der Waals surface area contributed by atoms with E-state index in [1.165, 1.54) is 4.57 Å². The van der Waals surface area contributed by atoms with E-state index in [0.717, 1.165) is 10.0 Å².